The minimum Gasteiger partial charge on any atom is -0.437 e. The van der Waals surface area contributed by atoms with Gasteiger partial charge in [0.15, 0.2) is 0 Å². The zero-order valence-corrected chi connectivity index (χ0v) is 9.26. The van der Waals surface area contributed by atoms with E-state index in [9.17, 15) is 0 Å². The Balaban J connectivity index is 2.33. The smallest absolute Gasteiger partial charge is 0.283 e. The van der Waals surface area contributed by atoms with Gasteiger partial charge >= 0.3 is 0 Å². The second-order valence-corrected chi connectivity index (χ2v) is 3.84. The minimum absolute atomic E-state index is 0.193. The minimum atomic E-state index is -0.193. The van der Waals surface area contributed by atoms with E-state index in [1.807, 2.05) is 42.5 Å². The van der Waals surface area contributed by atoms with Crippen LogP contribution < -0.4 is 0 Å². The van der Waals surface area contributed by atoms with Gasteiger partial charge in [0, 0.05) is 0 Å². The van der Waals surface area contributed by atoms with E-state index in [1.165, 1.54) is 5.56 Å². The summed E-state index contributed by atoms with van der Waals surface area (Å²) in [6.07, 6.45) is -0.193. The molecule has 0 saturated heterocycles. The van der Waals surface area contributed by atoms with Crippen molar-refractivity contribution in [2.24, 2.45) is 0 Å². The Morgan fingerprint density at radius 3 is 2.00 bits per heavy atom. The van der Waals surface area contributed by atoms with Gasteiger partial charge in [-0.05, 0) is 18.1 Å². The SMILES string of the molecule is [B]OC(c1ccccc1)c1ccc(C)cc1. The molecular weight excluding hydrogens is 195 g/mol. The zero-order chi connectivity index (χ0) is 11.4. The number of rotatable bonds is 3. The largest absolute Gasteiger partial charge is 0.437 e. The summed E-state index contributed by atoms with van der Waals surface area (Å²) in [5.41, 5.74) is 3.36. The second-order valence-electron chi connectivity index (χ2n) is 3.84. The molecule has 2 radical (unpaired) electrons. The first-order valence-electron chi connectivity index (χ1n) is 5.28. The summed E-state index contributed by atoms with van der Waals surface area (Å²) in [7, 11) is 5.37. The maximum Gasteiger partial charge on any atom is 0.283 e. The van der Waals surface area contributed by atoms with Crippen molar-refractivity contribution in [1.29, 1.82) is 0 Å². The van der Waals surface area contributed by atoms with Crippen molar-refractivity contribution in [2.45, 2.75) is 13.0 Å². The average Bonchev–Trinajstić information content (AvgIpc) is 2.34. The van der Waals surface area contributed by atoms with Gasteiger partial charge in [0.25, 0.3) is 8.05 Å². The molecule has 0 saturated carbocycles. The van der Waals surface area contributed by atoms with Gasteiger partial charge in [-0.25, -0.2) is 0 Å². The van der Waals surface area contributed by atoms with Crippen molar-refractivity contribution in [2.75, 3.05) is 0 Å². The van der Waals surface area contributed by atoms with Gasteiger partial charge < -0.3 is 4.65 Å². The Morgan fingerprint density at radius 2 is 1.44 bits per heavy atom. The molecular formula is C14H13BO. The van der Waals surface area contributed by atoms with Crippen molar-refractivity contribution < 1.29 is 4.65 Å². The van der Waals surface area contributed by atoms with Gasteiger partial charge in [0.2, 0.25) is 0 Å². The molecule has 1 nitrogen and oxygen atoms in total. The van der Waals surface area contributed by atoms with Crippen LogP contribution in [0.1, 0.15) is 22.8 Å². The third-order valence-electron chi connectivity index (χ3n) is 2.62. The van der Waals surface area contributed by atoms with E-state index in [0.29, 0.717) is 0 Å². The molecule has 1 unspecified atom stereocenters. The van der Waals surface area contributed by atoms with Crippen molar-refractivity contribution in [3.63, 3.8) is 0 Å². The van der Waals surface area contributed by atoms with Crippen molar-refractivity contribution in [3.05, 3.63) is 71.3 Å². The second kappa shape index (κ2) is 5.00. The van der Waals surface area contributed by atoms with Crippen LogP contribution in [0.5, 0.6) is 0 Å². The van der Waals surface area contributed by atoms with E-state index >= 15 is 0 Å². The lowest BCUT2D eigenvalue weighted by molar-refractivity contribution is 0.273. The van der Waals surface area contributed by atoms with E-state index in [-0.39, 0.29) is 6.10 Å². The first kappa shape index (κ1) is 11.0. The van der Waals surface area contributed by atoms with Crippen LogP contribution in [0, 0.1) is 6.92 Å². The number of hydrogen-bond acceptors (Lipinski definition) is 1. The topological polar surface area (TPSA) is 9.23 Å². The standard InChI is InChI=1S/C14H13BO/c1-11-7-9-13(10-8-11)14(16-15)12-5-3-2-4-6-12/h2-10,14H,1H3. The Labute approximate surface area is 97.5 Å². The highest BCUT2D eigenvalue weighted by atomic mass is 16.4. The van der Waals surface area contributed by atoms with E-state index < -0.39 is 0 Å². The van der Waals surface area contributed by atoms with Crippen LogP contribution in [0.15, 0.2) is 54.6 Å². The molecule has 0 bridgehead atoms. The van der Waals surface area contributed by atoms with Crippen LogP contribution in [-0.4, -0.2) is 8.05 Å². The highest BCUT2D eigenvalue weighted by molar-refractivity contribution is 5.98. The molecule has 0 amide bonds. The number of benzene rings is 2. The molecule has 78 valence electrons. The third-order valence-corrected chi connectivity index (χ3v) is 2.62. The third kappa shape index (κ3) is 2.34. The quantitative estimate of drug-likeness (QED) is 0.703. The van der Waals surface area contributed by atoms with Gasteiger partial charge in [0.1, 0.15) is 0 Å². The van der Waals surface area contributed by atoms with E-state index in [1.54, 1.807) is 0 Å². The summed E-state index contributed by atoms with van der Waals surface area (Å²) in [5.74, 6) is 0. The molecule has 0 aliphatic heterocycles. The number of aryl methyl sites for hydroxylation is 1. The summed E-state index contributed by atoms with van der Waals surface area (Å²) < 4.78 is 5.06. The fourth-order valence-corrected chi connectivity index (χ4v) is 1.72. The van der Waals surface area contributed by atoms with Crippen LogP contribution in [0.25, 0.3) is 0 Å². The van der Waals surface area contributed by atoms with Crippen LogP contribution in [-0.2, 0) is 4.65 Å². The van der Waals surface area contributed by atoms with Gasteiger partial charge in [-0.1, -0.05) is 60.2 Å². The maximum atomic E-state index is 5.37. The molecule has 2 aromatic carbocycles. The Bertz CT molecular complexity index is 436. The van der Waals surface area contributed by atoms with Crippen LogP contribution in [0.4, 0.5) is 0 Å². The molecule has 2 aromatic rings. The predicted molar refractivity (Wildman–Crippen MR) is 66.3 cm³/mol. The first-order chi connectivity index (χ1) is 7.81. The Kier molecular flexibility index (Phi) is 3.42. The van der Waals surface area contributed by atoms with Crippen LogP contribution >= 0.6 is 0 Å². The van der Waals surface area contributed by atoms with Crippen molar-refractivity contribution >= 4 is 8.05 Å². The molecule has 0 aromatic heterocycles. The fraction of sp³-hybridized carbons (Fsp3) is 0.143. The molecule has 2 rings (SSSR count). The monoisotopic (exact) mass is 208 g/mol. The summed E-state index contributed by atoms with van der Waals surface area (Å²) in [6.45, 7) is 2.06. The Morgan fingerprint density at radius 1 is 0.875 bits per heavy atom. The maximum absolute atomic E-state index is 5.37. The lowest BCUT2D eigenvalue weighted by Crippen LogP contribution is -2.03. The summed E-state index contributed by atoms with van der Waals surface area (Å²) in [4.78, 5) is 0. The molecule has 0 aliphatic carbocycles. The molecule has 0 aliphatic rings. The van der Waals surface area contributed by atoms with Gasteiger partial charge in [-0.15, -0.1) is 0 Å². The zero-order valence-electron chi connectivity index (χ0n) is 9.26. The van der Waals surface area contributed by atoms with E-state index in [2.05, 4.69) is 19.1 Å². The molecule has 2 heteroatoms. The average molecular weight is 208 g/mol. The highest BCUT2D eigenvalue weighted by Gasteiger charge is 2.11. The summed E-state index contributed by atoms with van der Waals surface area (Å²) in [5, 5.41) is 0. The first-order valence-corrected chi connectivity index (χ1v) is 5.28. The fourth-order valence-electron chi connectivity index (χ4n) is 1.72. The van der Waals surface area contributed by atoms with Crippen molar-refractivity contribution in [3.8, 4) is 0 Å². The van der Waals surface area contributed by atoms with E-state index in [0.717, 1.165) is 11.1 Å². The normalized spacial score (nSPS) is 12.3. The molecule has 0 heterocycles. The molecule has 0 N–H and O–H groups in total. The van der Waals surface area contributed by atoms with Gasteiger partial charge in [0.05, 0.1) is 6.10 Å². The lowest BCUT2D eigenvalue weighted by Gasteiger charge is -2.17. The molecule has 16 heavy (non-hydrogen) atoms. The number of hydrogen-bond donors (Lipinski definition) is 0. The van der Waals surface area contributed by atoms with Crippen molar-refractivity contribution in [1.82, 2.24) is 0 Å². The van der Waals surface area contributed by atoms with Crippen LogP contribution in [0.2, 0.25) is 0 Å². The molecule has 0 spiro atoms. The lowest BCUT2D eigenvalue weighted by atomic mass is 10.00. The summed E-state index contributed by atoms with van der Waals surface area (Å²) in [6, 6.07) is 18.2. The Hall–Kier alpha value is -1.54. The van der Waals surface area contributed by atoms with Gasteiger partial charge in [-0.2, -0.15) is 0 Å². The van der Waals surface area contributed by atoms with E-state index in [4.69, 9.17) is 12.7 Å². The predicted octanol–water partition coefficient (Wildman–Crippen LogP) is 3.18. The molecule has 0 fully saturated rings. The van der Waals surface area contributed by atoms with Crippen LogP contribution in [0.3, 0.4) is 0 Å². The highest BCUT2D eigenvalue weighted by Crippen LogP contribution is 2.24. The molecule has 1 atom stereocenters. The van der Waals surface area contributed by atoms with Gasteiger partial charge in [-0.3, -0.25) is 0 Å². The summed E-state index contributed by atoms with van der Waals surface area (Å²) >= 11 is 0.